The molecule has 0 atom stereocenters. The molecule has 0 aliphatic heterocycles. The van der Waals surface area contributed by atoms with Crippen LogP contribution in [0.3, 0.4) is 0 Å². The highest BCUT2D eigenvalue weighted by atomic mass is 16.6. The molecule has 6 nitrogen and oxygen atoms in total. The molecule has 1 aromatic rings. The predicted octanol–water partition coefficient (Wildman–Crippen LogP) is 1.57. The van der Waals surface area contributed by atoms with Crippen molar-refractivity contribution in [1.29, 1.82) is 0 Å². The average Bonchev–Trinajstić information content (AvgIpc) is 2.38. The molecule has 0 N–H and O–H groups in total. The number of aryl methyl sites for hydroxylation is 1. The lowest BCUT2D eigenvalue weighted by Gasteiger charge is -2.19. The normalized spacial score (nSPS) is 10.1. The van der Waals surface area contributed by atoms with Gasteiger partial charge in [0.15, 0.2) is 6.61 Å². The Balaban J connectivity index is 2.76. The standard InChI is InChI=1S/C13H21N3O3/c1-5-16(6-2)13-14-10(4)8-11(15-13)19-9-12(17)18-7-3/h8H,5-7,9H2,1-4H3. The molecular weight excluding hydrogens is 246 g/mol. The lowest BCUT2D eigenvalue weighted by atomic mass is 10.4. The minimum Gasteiger partial charge on any atom is -0.466 e. The second-order valence-electron chi connectivity index (χ2n) is 3.91. The Hall–Kier alpha value is -1.85. The molecule has 1 heterocycles. The van der Waals surface area contributed by atoms with Crippen LogP contribution in [0.15, 0.2) is 6.07 Å². The van der Waals surface area contributed by atoms with E-state index in [0.717, 1.165) is 18.8 Å². The average molecular weight is 267 g/mol. The summed E-state index contributed by atoms with van der Waals surface area (Å²) in [5, 5.41) is 0. The van der Waals surface area contributed by atoms with Gasteiger partial charge in [0.25, 0.3) is 0 Å². The van der Waals surface area contributed by atoms with Crippen molar-refractivity contribution in [2.24, 2.45) is 0 Å². The largest absolute Gasteiger partial charge is 0.466 e. The SMILES string of the molecule is CCOC(=O)COc1cc(C)nc(N(CC)CC)n1. The van der Waals surface area contributed by atoms with Crippen LogP contribution in [0.1, 0.15) is 26.5 Å². The number of carbonyl (C=O) groups is 1. The van der Waals surface area contributed by atoms with Gasteiger partial charge in [0, 0.05) is 24.8 Å². The zero-order chi connectivity index (χ0) is 14.3. The summed E-state index contributed by atoms with van der Waals surface area (Å²) in [5.74, 6) is 0.606. The summed E-state index contributed by atoms with van der Waals surface area (Å²) in [6.07, 6.45) is 0. The predicted molar refractivity (Wildman–Crippen MR) is 72.5 cm³/mol. The van der Waals surface area contributed by atoms with Gasteiger partial charge >= 0.3 is 5.97 Å². The van der Waals surface area contributed by atoms with Gasteiger partial charge in [-0.05, 0) is 27.7 Å². The molecule has 0 radical (unpaired) electrons. The number of hydrogen-bond acceptors (Lipinski definition) is 6. The summed E-state index contributed by atoms with van der Waals surface area (Å²) in [5.41, 5.74) is 0.802. The molecule has 0 saturated carbocycles. The fourth-order valence-electron chi connectivity index (χ4n) is 1.58. The summed E-state index contributed by atoms with van der Waals surface area (Å²) in [4.78, 5) is 21.9. The van der Waals surface area contributed by atoms with E-state index in [9.17, 15) is 4.79 Å². The first-order chi connectivity index (χ1) is 9.10. The maximum absolute atomic E-state index is 11.2. The van der Waals surface area contributed by atoms with Crippen LogP contribution in [0.25, 0.3) is 0 Å². The lowest BCUT2D eigenvalue weighted by molar-refractivity contribution is -0.145. The molecule has 0 spiro atoms. The first-order valence-electron chi connectivity index (χ1n) is 6.49. The van der Waals surface area contributed by atoms with Crippen LogP contribution >= 0.6 is 0 Å². The molecule has 0 bridgehead atoms. The Morgan fingerprint density at radius 2 is 1.95 bits per heavy atom. The van der Waals surface area contributed by atoms with E-state index in [1.54, 1.807) is 13.0 Å². The van der Waals surface area contributed by atoms with Gasteiger partial charge in [-0.15, -0.1) is 0 Å². The number of anilines is 1. The van der Waals surface area contributed by atoms with Crippen LogP contribution in [0.4, 0.5) is 5.95 Å². The van der Waals surface area contributed by atoms with E-state index in [0.29, 0.717) is 18.4 Å². The van der Waals surface area contributed by atoms with Gasteiger partial charge in [-0.1, -0.05) is 0 Å². The number of nitrogens with zero attached hydrogens (tertiary/aromatic N) is 3. The number of hydrogen-bond donors (Lipinski definition) is 0. The van der Waals surface area contributed by atoms with Crippen LogP contribution in [-0.4, -0.2) is 42.2 Å². The third kappa shape index (κ3) is 4.73. The molecule has 0 fully saturated rings. The first-order valence-corrected chi connectivity index (χ1v) is 6.49. The van der Waals surface area contributed by atoms with Crippen molar-refractivity contribution < 1.29 is 14.3 Å². The number of ether oxygens (including phenoxy) is 2. The molecule has 0 aliphatic rings. The summed E-state index contributed by atoms with van der Waals surface area (Å²) >= 11 is 0. The van der Waals surface area contributed by atoms with Gasteiger partial charge in [-0.2, -0.15) is 4.98 Å². The van der Waals surface area contributed by atoms with Crippen molar-refractivity contribution in [3.05, 3.63) is 11.8 Å². The van der Waals surface area contributed by atoms with E-state index < -0.39 is 5.97 Å². The third-order valence-electron chi connectivity index (χ3n) is 2.51. The van der Waals surface area contributed by atoms with Gasteiger partial charge in [-0.25, -0.2) is 9.78 Å². The maximum Gasteiger partial charge on any atom is 0.344 e. The van der Waals surface area contributed by atoms with Gasteiger partial charge in [0.1, 0.15) is 0 Å². The van der Waals surface area contributed by atoms with Crippen molar-refractivity contribution in [2.45, 2.75) is 27.7 Å². The van der Waals surface area contributed by atoms with Crippen LogP contribution in [0.2, 0.25) is 0 Å². The second kappa shape index (κ2) is 7.56. The van der Waals surface area contributed by atoms with Crippen LogP contribution < -0.4 is 9.64 Å². The molecule has 0 aromatic carbocycles. The van der Waals surface area contributed by atoms with Gasteiger partial charge in [0.2, 0.25) is 11.8 Å². The van der Waals surface area contributed by atoms with Crippen molar-refractivity contribution in [2.75, 3.05) is 31.2 Å². The van der Waals surface area contributed by atoms with E-state index in [1.807, 2.05) is 25.7 Å². The first kappa shape index (κ1) is 15.2. The highest BCUT2D eigenvalue weighted by Crippen LogP contribution is 2.15. The fourth-order valence-corrected chi connectivity index (χ4v) is 1.58. The molecule has 0 amide bonds. The minimum atomic E-state index is -0.400. The molecule has 1 aromatic heterocycles. The van der Waals surface area contributed by atoms with Crippen molar-refractivity contribution in [1.82, 2.24) is 9.97 Å². The van der Waals surface area contributed by atoms with Crippen LogP contribution in [0.5, 0.6) is 5.88 Å². The van der Waals surface area contributed by atoms with Crippen LogP contribution in [0, 0.1) is 6.92 Å². The van der Waals surface area contributed by atoms with Gasteiger partial charge in [-0.3, -0.25) is 0 Å². The molecule has 19 heavy (non-hydrogen) atoms. The van der Waals surface area contributed by atoms with E-state index >= 15 is 0 Å². The molecule has 0 aliphatic carbocycles. The lowest BCUT2D eigenvalue weighted by Crippen LogP contribution is -2.25. The van der Waals surface area contributed by atoms with Gasteiger partial charge in [0.05, 0.1) is 6.61 Å². The zero-order valence-corrected chi connectivity index (χ0v) is 12.0. The van der Waals surface area contributed by atoms with E-state index in [2.05, 4.69) is 9.97 Å². The summed E-state index contributed by atoms with van der Waals surface area (Å²) in [6, 6.07) is 1.70. The maximum atomic E-state index is 11.2. The minimum absolute atomic E-state index is 0.137. The monoisotopic (exact) mass is 267 g/mol. The number of esters is 1. The molecule has 0 unspecified atom stereocenters. The van der Waals surface area contributed by atoms with Crippen LogP contribution in [-0.2, 0) is 9.53 Å². The van der Waals surface area contributed by atoms with E-state index in [1.165, 1.54) is 0 Å². The highest BCUT2D eigenvalue weighted by molar-refractivity contribution is 5.71. The quantitative estimate of drug-likeness (QED) is 0.699. The van der Waals surface area contributed by atoms with Crippen molar-refractivity contribution >= 4 is 11.9 Å². The Bertz CT molecular complexity index is 420. The van der Waals surface area contributed by atoms with Crippen molar-refractivity contribution in [3.63, 3.8) is 0 Å². The molecule has 0 saturated heterocycles. The Labute approximate surface area is 113 Å². The number of rotatable bonds is 7. The molecule has 6 heteroatoms. The van der Waals surface area contributed by atoms with E-state index in [4.69, 9.17) is 9.47 Å². The van der Waals surface area contributed by atoms with Crippen molar-refractivity contribution in [3.8, 4) is 5.88 Å². The smallest absolute Gasteiger partial charge is 0.344 e. The summed E-state index contributed by atoms with van der Waals surface area (Å²) in [6.45, 7) is 9.53. The Morgan fingerprint density at radius 3 is 2.53 bits per heavy atom. The molecular formula is C13H21N3O3. The third-order valence-corrected chi connectivity index (χ3v) is 2.51. The number of carbonyl (C=O) groups excluding carboxylic acids is 1. The summed E-state index contributed by atoms with van der Waals surface area (Å²) in [7, 11) is 0. The van der Waals surface area contributed by atoms with Gasteiger partial charge < -0.3 is 14.4 Å². The number of aromatic nitrogens is 2. The molecule has 106 valence electrons. The zero-order valence-electron chi connectivity index (χ0n) is 12.0. The topological polar surface area (TPSA) is 64.6 Å². The highest BCUT2D eigenvalue weighted by Gasteiger charge is 2.10. The van der Waals surface area contributed by atoms with E-state index in [-0.39, 0.29) is 6.61 Å². The summed E-state index contributed by atoms with van der Waals surface area (Å²) < 4.78 is 10.1. The Kier molecular flexibility index (Phi) is 6.05. The Morgan fingerprint density at radius 1 is 1.26 bits per heavy atom. The fraction of sp³-hybridized carbons (Fsp3) is 0.615. The second-order valence-corrected chi connectivity index (χ2v) is 3.91. The molecule has 1 rings (SSSR count).